The number of aromatic nitrogens is 4. The van der Waals surface area contributed by atoms with Crippen LogP contribution in [0.5, 0.6) is 0 Å². The molecule has 10 heteroatoms. The fourth-order valence-corrected chi connectivity index (χ4v) is 5.46. The number of carbonyl (C=O) groups excluding carboxylic acids is 2. The van der Waals surface area contributed by atoms with Gasteiger partial charge in [-0.2, -0.15) is 0 Å². The highest BCUT2D eigenvalue weighted by molar-refractivity contribution is 7.18. The number of nitrogens with one attached hydrogen (secondary N) is 2. The summed E-state index contributed by atoms with van der Waals surface area (Å²) in [7, 11) is 1.71. The predicted octanol–water partition coefficient (Wildman–Crippen LogP) is 3.28. The van der Waals surface area contributed by atoms with E-state index in [2.05, 4.69) is 25.6 Å². The van der Waals surface area contributed by atoms with Crippen LogP contribution in [0.4, 0.5) is 0 Å². The number of carbonyl (C=O) groups is 2. The smallest absolute Gasteiger partial charge is 0.250 e. The van der Waals surface area contributed by atoms with E-state index in [4.69, 9.17) is 4.98 Å². The Bertz CT molecular complexity index is 1360. The van der Waals surface area contributed by atoms with Crippen molar-refractivity contribution in [2.75, 3.05) is 13.6 Å². The zero-order valence-corrected chi connectivity index (χ0v) is 20.9. The number of pyridine rings is 1. The topological polar surface area (TPSA) is 113 Å². The fraction of sp³-hybridized carbons (Fsp3) is 0.308. The van der Waals surface area contributed by atoms with Crippen LogP contribution in [0.2, 0.25) is 0 Å². The number of thiazole rings is 1. The Morgan fingerprint density at radius 2 is 1.97 bits per heavy atom. The van der Waals surface area contributed by atoms with Gasteiger partial charge in [0.2, 0.25) is 11.8 Å². The minimum atomic E-state index is -0.836. The first-order valence-electron chi connectivity index (χ1n) is 11.9. The summed E-state index contributed by atoms with van der Waals surface area (Å²) in [4.78, 5) is 47.3. The van der Waals surface area contributed by atoms with Crippen LogP contribution >= 0.6 is 11.3 Å². The molecule has 4 aromatic rings. The molecule has 9 nitrogen and oxygen atoms in total. The average molecular weight is 502 g/mol. The quantitative estimate of drug-likeness (QED) is 0.400. The average Bonchev–Trinajstić information content (AvgIpc) is 3.59. The van der Waals surface area contributed by atoms with Crippen LogP contribution < -0.4 is 10.6 Å². The first-order valence-corrected chi connectivity index (χ1v) is 12.7. The highest BCUT2D eigenvalue weighted by atomic mass is 32.1. The van der Waals surface area contributed by atoms with Crippen molar-refractivity contribution in [1.82, 2.24) is 35.5 Å². The van der Waals surface area contributed by atoms with Gasteiger partial charge in [0.15, 0.2) is 0 Å². The number of fused-ring (bicyclic) bond motifs is 1. The van der Waals surface area contributed by atoms with Crippen LogP contribution in [0.3, 0.4) is 0 Å². The first kappa shape index (κ1) is 24.0. The van der Waals surface area contributed by atoms with Crippen molar-refractivity contribution in [3.8, 4) is 11.3 Å². The van der Waals surface area contributed by atoms with Gasteiger partial charge in [0, 0.05) is 30.1 Å². The minimum absolute atomic E-state index is 0.171. The Balaban J connectivity index is 1.47. The van der Waals surface area contributed by atoms with E-state index >= 15 is 0 Å². The van der Waals surface area contributed by atoms with E-state index in [0.717, 1.165) is 39.5 Å². The van der Waals surface area contributed by atoms with E-state index in [1.165, 1.54) is 11.3 Å². The van der Waals surface area contributed by atoms with Crippen LogP contribution in [-0.4, -0.2) is 56.3 Å². The number of amides is 2. The maximum Gasteiger partial charge on any atom is 0.250 e. The number of hydrogen-bond acceptors (Lipinski definition) is 8. The molecule has 1 fully saturated rings. The molecule has 2 amide bonds. The Morgan fingerprint density at radius 1 is 1.14 bits per heavy atom. The number of hydrogen-bond donors (Lipinski definition) is 2. The summed E-state index contributed by atoms with van der Waals surface area (Å²) in [5.41, 5.74) is 3.13. The third-order valence-corrected chi connectivity index (χ3v) is 7.52. The van der Waals surface area contributed by atoms with Crippen molar-refractivity contribution in [3.63, 3.8) is 0 Å². The van der Waals surface area contributed by atoms with Crippen LogP contribution in [0, 0.1) is 0 Å². The van der Waals surface area contributed by atoms with E-state index < -0.39 is 12.1 Å². The highest BCUT2D eigenvalue weighted by Gasteiger charge is 2.37. The largest absolute Gasteiger partial charge is 0.339 e. The molecule has 184 valence electrons. The lowest BCUT2D eigenvalue weighted by atomic mass is 10.1. The van der Waals surface area contributed by atoms with Crippen LogP contribution in [-0.2, 0) is 9.59 Å². The van der Waals surface area contributed by atoms with E-state index in [9.17, 15) is 9.59 Å². The molecule has 0 unspecified atom stereocenters. The summed E-state index contributed by atoms with van der Waals surface area (Å²) in [5, 5.41) is 6.67. The summed E-state index contributed by atoms with van der Waals surface area (Å²) >= 11 is 1.49. The molecule has 0 spiro atoms. The number of rotatable bonds is 7. The molecular formula is C26H27N7O2S. The van der Waals surface area contributed by atoms with Crippen LogP contribution in [0.25, 0.3) is 21.6 Å². The number of likely N-dealkylation sites (N-methyl/N-ethyl adjacent to an activating group) is 1. The van der Waals surface area contributed by atoms with Gasteiger partial charge in [0.1, 0.15) is 33.4 Å². The van der Waals surface area contributed by atoms with Gasteiger partial charge in [0.05, 0.1) is 12.1 Å². The molecule has 0 bridgehead atoms. The second-order valence-electron chi connectivity index (χ2n) is 8.72. The molecule has 0 saturated carbocycles. The Kier molecular flexibility index (Phi) is 6.97. The summed E-state index contributed by atoms with van der Waals surface area (Å²) < 4.78 is 0. The zero-order valence-electron chi connectivity index (χ0n) is 20.1. The van der Waals surface area contributed by atoms with Crippen molar-refractivity contribution in [1.29, 1.82) is 0 Å². The van der Waals surface area contributed by atoms with Gasteiger partial charge >= 0.3 is 0 Å². The molecule has 36 heavy (non-hydrogen) atoms. The molecule has 1 aliphatic heterocycles. The lowest BCUT2D eigenvalue weighted by Crippen LogP contribution is -2.47. The third-order valence-electron chi connectivity index (χ3n) is 6.46. The SMILES string of the molecule is CN[C@@H](C)C(=O)N[C@H](C(=O)N1CCC[C@H]1c1nc2c(-c3ccccc3)ncnc2s1)c1cccnc1. The normalized spacial score (nSPS) is 17.2. The van der Waals surface area contributed by atoms with E-state index in [1.54, 1.807) is 38.8 Å². The molecule has 5 rings (SSSR count). The fourth-order valence-electron chi connectivity index (χ4n) is 4.41. The summed E-state index contributed by atoms with van der Waals surface area (Å²) in [6, 6.07) is 12.0. The molecule has 3 atom stereocenters. The maximum atomic E-state index is 13.9. The van der Waals surface area contributed by atoms with Gasteiger partial charge in [-0.15, -0.1) is 0 Å². The molecule has 1 aliphatic rings. The Morgan fingerprint density at radius 3 is 2.72 bits per heavy atom. The number of likely N-dealkylation sites (tertiary alicyclic amines) is 1. The van der Waals surface area contributed by atoms with Crippen LogP contribution in [0.15, 0.2) is 61.2 Å². The van der Waals surface area contributed by atoms with Crippen molar-refractivity contribution in [3.05, 3.63) is 71.8 Å². The lowest BCUT2D eigenvalue weighted by molar-refractivity contribution is -0.137. The number of nitrogens with zero attached hydrogens (tertiary/aromatic N) is 5. The monoisotopic (exact) mass is 501 g/mol. The van der Waals surface area contributed by atoms with Gasteiger partial charge < -0.3 is 15.5 Å². The summed E-state index contributed by atoms with van der Waals surface area (Å²) in [6.45, 7) is 2.34. The Hall–Kier alpha value is -3.76. The second-order valence-corrected chi connectivity index (χ2v) is 9.73. The van der Waals surface area contributed by atoms with E-state index in [1.807, 2.05) is 41.3 Å². The molecule has 0 radical (unpaired) electrons. The molecule has 4 heterocycles. The highest BCUT2D eigenvalue weighted by Crippen LogP contribution is 2.39. The maximum absolute atomic E-state index is 13.9. The standard InChI is InChI=1S/C26H27N7O2S/c1-16(27-2)23(34)31-21(18-10-6-12-28-14-18)26(35)33-13-7-11-19(33)24-32-22-20(17-8-4-3-5-9-17)29-15-30-25(22)36-24/h3-6,8-10,12,14-16,19,21,27H,7,11,13H2,1-2H3,(H,31,34)/t16-,19-,21-/m0/s1. The van der Waals surface area contributed by atoms with E-state index in [0.29, 0.717) is 12.1 Å². The van der Waals surface area contributed by atoms with Gasteiger partial charge in [-0.3, -0.25) is 14.6 Å². The van der Waals surface area contributed by atoms with Crippen molar-refractivity contribution in [2.45, 2.75) is 37.9 Å². The van der Waals surface area contributed by atoms with Gasteiger partial charge in [0.25, 0.3) is 0 Å². The van der Waals surface area contributed by atoms with Crippen molar-refractivity contribution in [2.24, 2.45) is 0 Å². The molecule has 0 aliphatic carbocycles. The van der Waals surface area contributed by atoms with Crippen LogP contribution in [0.1, 0.15) is 42.4 Å². The minimum Gasteiger partial charge on any atom is -0.339 e. The summed E-state index contributed by atoms with van der Waals surface area (Å²) in [6.07, 6.45) is 6.47. The molecular weight excluding hydrogens is 474 g/mol. The molecule has 3 aromatic heterocycles. The summed E-state index contributed by atoms with van der Waals surface area (Å²) in [5.74, 6) is -0.422. The van der Waals surface area contributed by atoms with Gasteiger partial charge in [-0.25, -0.2) is 15.0 Å². The lowest BCUT2D eigenvalue weighted by Gasteiger charge is -2.29. The molecule has 1 aromatic carbocycles. The Labute approximate surface area is 213 Å². The zero-order chi connectivity index (χ0) is 25.1. The molecule has 2 N–H and O–H groups in total. The van der Waals surface area contributed by atoms with Crippen molar-refractivity contribution >= 4 is 33.5 Å². The van der Waals surface area contributed by atoms with E-state index in [-0.39, 0.29) is 17.9 Å². The van der Waals surface area contributed by atoms with Gasteiger partial charge in [-0.05, 0) is 32.9 Å². The molecule has 1 saturated heterocycles. The first-order chi connectivity index (χ1) is 17.6. The van der Waals surface area contributed by atoms with Crippen molar-refractivity contribution < 1.29 is 9.59 Å². The van der Waals surface area contributed by atoms with Gasteiger partial charge in [-0.1, -0.05) is 47.7 Å². The third kappa shape index (κ3) is 4.69. The number of benzene rings is 1. The second kappa shape index (κ2) is 10.5. The predicted molar refractivity (Wildman–Crippen MR) is 138 cm³/mol.